The van der Waals surface area contributed by atoms with E-state index in [1.54, 1.807) is 18.2 Å². The number of carbonyl (C=O) groups excluding carboxylic acids is 1. The number of nitrogens with two attached hydrogens (primary N) is 2. The lowest BCUT2D eigenvalue weighted by Crippen LogP contribution is -2.21. The van der Waals surface area contributed by atoms with Gasteiger partial charge in [0.2, 0.25) is 0 Å². The van der Waals surface area contributed by atoms with Gasteiger partial charge in [0.05, 0.1) is 18.0 Å². The molecule has 6 N–H and O–H groups in total. The zero-order chi connectivity index (χ0) is 27.8. The van der Waals surface area contributed by atoms with Crippen LogP contribution in [-0.2, 0) is 17.6 Å². The van der Waals surface area contributed by atoms with Gasteiger partial charge in [-0.05, 0) is 53.7 Å². The van der Waals surface area contributed by atoms with Gasteiger partial charge in [-0.3, -0.25) is 9.79 Å². The molecular weight excluding hydrogens is 492 g/mol. The molecule has 0 aromatic heterocycles. The third kappa shape index (κ3) is 8.02. The van der Waals surface area contributed by atoms with Crippen molar-refractivity contribution in [2.75, 3.05) is 13.3 Å². The Hall–Kier alpha value is -3.46. The van der Waals surface area contributed by atoms with Crippen molar-refractivity contribution in [2.45, 2.75) is 70.6 Å². The molecule has 0 saturated carbocycles. The molecule has 8 nitrogen and oxygen atoms in total. The number of carbonyl (C=O) groups is 1. The molecule has 208 valence electrons. The summed E-state index contributed by atoms with van der Waals surface area (Å²) < 4.78 is 5.95. The van der Waals surface area contributed by atoms with Crippen LogP contribution in [-0.4, -0.2) is 46.5 Å². The average molecular weight is 533 g/mol. The normalized spacial score (nSPS) is 15.2. The fourth-order valence-electron chi connectivity index (χ4n) is 4.91. The van der Waals surface area contributed by atoms with E-state index in [-0.39, 0.29) is 24.7 Å². The van der Waals surface area contributed by atoms with Crippen molar-refractivity contribution in [1.29, 1.82) is 0 Å². The van der Waals surface area contributed by atoms with Crippen LogP contribution in [0, 0.1) is 0 Å². The summed E-state index contributed by atoms with van der Waals surface area (Å²) in [6, 6.07) is 13.2. The highest BCUT2D eigenvalue weighted by Gasteiger charge is 2.25. The lowest BCUT2D eigenvalue weighted by molar-refractivity contribution is -0.121. The van der Waals surface area contributed by atoms with Gasteiger partial charge in [-0.25, -0.2) is 0 Å². The summed E-state index contributed by atoms with van der Waals surface area (Å²) in [6.45, 7) is 3.04. The van der Waals surface area contributed by atoms with Crippen molar-refractivity contribution >= 4 is 12.0 Å². The van der Waals surface area contributed by atoms with Crippen molar-refractivity contribution in [3.8, 4) is 11.5 Å². The molecule has 39 heavy (non-hydrogen) atoms. The third-order valence-electron chi connectivity index (χ3n) is 7.16. The van der Waals surface area contributed by atoms with Crippen LogP contribution in [0.2, 0.25) is 0 Å². The number of aromatic hydroxyl groups is 1. The maximum atomic E-state index is 12.3. The van der Waals surface area contributed by atoms with E-state index in [1.165, 1.54) is 0 Å². The van der Waals surface area contributed by atoms with Gasteiger partial charge in [-0.1, -0.05) is 56.5 Å². The van der Waals surface area contributed by atoms with E-state index in [1.807, 2.05) is 35.5 Å². The molecule has 0 aliphatic carbocycles. The summed E-state index contributed by atoms with van der Waals surface area (Å²) in [5.41, 5.74) is 17.8. The van der Waals surface area contributed by atoms with E-state index in [2.05, 4.69) is 18.0 Å². The zero-order valence-corrected chi connectivity index (χ0v) is 22.7. The number of nitrogens with zero attached hydrogens (tertiary/aromatic N) is 2. The Balaban J connectivity index is 1.29. The van der Waals surface area contributed by atoms with Crippen molar-refractivity contribution in [3.63, 3.8) is 0 Å². The van der Waals surface area contributed by atoms with E-state index in [0.29, 0.717) is 31.6 Å². The van der Waals surface area contributed by atoms with Crippen LogP contribution in [0.3, 0.4) is 0 Å². The summed E-state index contributed by atoms with van der Waals surface area (Å²) >= 11 is 0. The lowest BCUT2D eigenvalue weighted by atomic mass is 9.99. The number of allylic oxidation sites excluding steroid dienone is 1. The van der Waals surface area contributed by atoms with Crippen molar-refractivity contribution in [3.05, 3.63) is 82.2 Å². The SMILES string of the molecule is CCCCC[C@@H](O)CC(=O)CCc1ccc(O)c(OCN2C=C3N=CC(Cc4cccc(C(N)N)c4)=C3C2)c1. The minimum absolute atomic E-state index is 0.0482. The summed E-state index contributed by atoms with van der Waals surface area (Å²) in [7, 11) is 0. The van der Waals surface area contributed by atoms with Crippen molar-refractivity contribution < 1.29 is 19.7 Å². The Morgan fingerprint density at radius 2 is 2.00 bits per heavy atom. The monoisotopic (exact) mass is 532 g/mol. The third-order valence-corrected chi connectivity index (χ3v) is 7.16. The van der Waals surface area contributed by atoms with E-state index in [0.717, 1.165) is 59.2 Å². The van der Waals surface area contributed by atoms with Crippen LogP contribution in [0.1, 0.15) is 68.3 Å². The van der Waals surface area contributed by atoms with Gasteiger partial charge in [-0.2, -0.15) is 0 Å². The predicted molar refractivity (Wildman–Crippen MR) is 153 cm³/mol. The van der Waals surface area contributed by atoms with Gasteiger partial charge in [0.25, 0.3) is 0 Å². The molecule has 2 aliphatic heterocycles. The molecule has 0 fully saturated rings. The van der Waals surface area contributed by atoms with E-state index < -0.39 is 12.3 Å². The first kappa shape index (κ1) is 28.5. The van der Waals surface area contributed by atoms with Gasteiger partial charge in [0, 0.05) is 37.4 Å². The second-order valence-corrected chi connectivity index (χ2v) is 10.4. The number of ketones is 1. The number of hydrogen-bond acceptors (Lipinski definition) is 8. The highest BCUT2D eigenvalue weighted by atomic mass is 16.5. The number of hydrogen-bond donors (Lipinski definition) is 4. The van der Waals surface area contributed by atoms with Crippen LogP contribution < -0.4 is 16.2 Å². The fraction of sp³-hybridized carbons (Fsp3) is 0.419. The minimum Gasteiger partial charge on any atom is -0.504 e. The molecule has 8 heteroatoms. The van der Waals surface area contributed by atoms with Crippen LogP contribution >= 0.6 is 0 Å². The quantitative estimate of drug-likeness (QED) is 0.199. The second-order valence-electron chi connectivity index (χ2n) is 10.4. The number of aliphatic imine (C=N–C) groups is 1. The second kappa shape index (κ2) is 13.6. The molecule has 4 rings (SSSR count). The number of aliphatic hydroxyl groups is 1. The van der Waals surface area contributed by atoms with Crippen molar-refractivity contribution in [1.82, 2.24) is 4.90 Å². The Bertz CT molecular complexity index is 1250. The molecule has 2 heterocycles. The number of benzene rings is 2. The first-order valence-corrected chi connectivity index (χ1v) is 13.8. The standard InChI is InChI=1S/C31H40N4O4/c1-2-3-4-8-25(36)16-26(37)11-9-21-10-12-29(38)30(15-21)39-20-35-18-27-24(17-34-28(27)19-35)14-22-6-5-7-23(13-22)31(32)33/h5-7,10,12-13,15,17,19,25,31,36,38H,2-4,8-9,11,14,16,18,20,32-33H2,1H3/t25-/m1/s1. The molecule has 2 aliphatic rings. The average Bonchev–Trinajstić information content (AvgIpc) is 3.49. The molecule has 0 spiro atoms. The Kier molecular flexibility index (Phi) is 9.92. The Labute approximate surface area is 230 Å². The number of fused-ring (bicyclic) bond motifs is 1. The predicted octanol–water partition coefficient (Wildman–Crippen LogP) is 4.26. The Morgan fingerprint density at radius 1 is 1.15 bits per heavy atom. The smallest absolute Gasteiger partial charge is 0.163 e. The van der Waals surface area contributed by atoms with Crippen LogP contribution in [0.4, 0.5) is 0 Å². The van der Waals surface area contributed by atoms with Crippen molar-refractivity contribution in [2.24, 2.45) is 16.5 Å². The lowest BCUT2D eigenvalue weighted by Gasteiger charge is -2.18. The number of phenolic OH excluding ortho intramolecular Hbond substituents is 1. The van der Waals surface area contributed by atoms with E-state index >= 15 is 0 Å². The molecule has 2 aromatic rings. The highest BCUT2D eigenvalue weighted by molar-refractivity contribution is 5.87. The van der Waals surface area contributed by atoms with Crippen LogP contribution in [0.25, 0.3) is 0 Å². The summed E-state index contributed by atoms with van der Waals surface area (Å²) in [4.78, 5) is 18.9. The zero-order valence-electron chi connectivity index (χ0n) is 22.7. The first-order valence-electron chi connectivity index (χ1n) is 13.8. The molecule has 2 aromatic carbocycles. The number of aliphatic hydroxyl groups excluding tert-OH is 1. The van der Waals surface area contributed by atoms with Crippen LogP contribution in [0.15, 0.2) is 70.5 Å². The number of unbranched alkanes of at least 4 members (excludes halogenated alkanes) is 2. The minimum atomic E-state index is -0.564. The highest BCUT2D eigenvalue weighted by Crippen LogP contribution is 2.32. The van der Waals surface area contributed by atoms with Gasteiger partial charge >= 0.3 is 0 Å². The van der Waals surface area contributed by atoms with Gasteiger partial charge in [-0.15, -0.1) is 0 Å². The fourth-order valence-corrected chi connectivity index (χ4v) is 4.91. The van der Waals surface area contributed by atoms with Crippen LogP contribution in [0.5, 0.6) is 11.5 Å². The maximum Gasteiger partial charge on any atom is 0.163 e. The largest absolute Gasteiger partial charge is 0.504 e. The molecule has 1 atom stereocenters. The number of ether oxygens (including phenoxy) is 1. The number of phenols is 1. The molecule has 0 bridgehead atoms. The van der Waals surface area contributed by atoms with Gasteiger partial charge in [0.15, 0.2) is 18.2 Å². The summed E-state index contributed by atoms with van der Waals surface area (Å²) in [5, 5.41) is 20.4. The first-order chi connectivity index (χ1) is 18.8. The summed E-state index contributed by atoms with van der Waals surface area (Å²) in [6.07, 6.45) is 8.41. The van der Waals surface area contributed by atoms with E-state index in [4.69, 9.17) is 16.2 Å². The molecule has 0 amide bonds. The molecular formula is C31H40N4O4. The van der Waals surface area contributed by atoms with Gasteiger partial charge < -0.3 is 31.3 Å². The number of aryl methyl sites for hydroxylation is 1. The van der Waals surface area contributed by atoms with E-state index in [9.17, 15) is 15.0 Å². The molecule has 0 radical (unpaired) electrons. The topological polar surface area (TPSA) is 134 Å². The Morgan fingerprint density at radius 3 is 2.79 bits per heavy atom. The van der Waals surface area contributed by atoms with Gasteiger partial charge in [0.1, 0.15) is 5.78 Å². The maximum absolute atomic E-state index is 12.3. The molecule has 0 saturated heterocycles. The number of rotatable bonds is 15. The summed E-state index contributed by atoms with van der Waals surface area (Å²) in [5.74, 6) is 0.481. The molecule has 0 unspecified atom stereocenters. The number of Topliss-reactive ketones (excluding diaryl/α,β-unsaturated/α-hetero) is 1.